The predicted molar refractivity (Wildman–Crippen MR) is 76.2 cm³/mol. The summed E-state index contributed by atoms with van der Waals surface area (Å²) >= 11 is 13.5. The van der Waals surface area contributed by atoms with E-state index in [1.807, 2.05) is 6.07 Å². The number of ketones is 1. The number of hydrogen-bond donors (Lipinski definition) is 0. The van der Waals surface area contributed by atoms with Crippen molar-refractivity contribution in [2.75, 3.05) is 0 Å². The van der Waals surface area contributed by atoms with Crippen LogP contribution in [0.4, 0.5) is 0 Å². The van der Waals surface area contributed by atoms with E-state index in [2.05, 4.69) is 0 Å². The molecule has 0 saturated carbocycles. The molecule has 1 aliphatic carbocycles. The lowest BCUT2D eigenvalue weighted by molar-refractivity contribution is 0.104. The third kappa shape index (κ3) is 2.09. The van der Waals surface area contributed by atoms with Gasteiger partial charge in [-0.2, -0.15) is 0 Å². The van der Waals surface area contributed by atoms with Gasteiger partial charge in [-0.3, -0.25) is 4.79 Å². The van der Waals surface area contributed by atoms with E-state index in [1.54, 1.807) is 29.5 Å². The van der Waals surface area contributed by atoms with E-state index < -0.39 is 0 Å². The maximum atomic E-state index is 12.4. The van der Waals surface area contributed by atoms with E-state index in [1.165, 1.54) is 16.9 Å². The van der Waals surface area contributed by atoms with Crippen molar-refractivity contribution < 1.29 is 4.79 Å². The molecule has 0 saturated heterocycles. The average molecular weight is 297 g/mol. The molecule has 3 rings (SSSR count). The van der Waals surface area contributed by atoms with Crippen molar-refractivity contribution in [1.82, 2.24) is 0 Å². The zero-order valence-electron chi connectivity index (χ0n) is 9.50. The minimum absolute atomic E-state index is 0.00364. The molecule has 0 atom stereocenters. The SMILES string of the molecule is O=C(c1cc2c(s1)CCC2)c1ccc(Cl)cc1Cl. The fraction of sp³-hybridized carbons (Fsp3) is 0.214. The van der Waals surface area contributed by atoms with E-state index in [0.717, 1.165) is 17.7 Å². The van der Waals surface area contributed by atoms with Gasteiger partial charge in [0.2, 0.25) is 5.78 Å². The van der Waals surface area contributed by atoms with Crippen LogP contribution in [-0.4, -0.2) is 5.78 Å². The van der Waals surface area contributed by atoms with Crippen molar-refractivity contribution in [1.29, 1.82) is 0 Å². The van der Waals surface area contributed by atoms with Gasteiger partial charge < -0.3 is 0 Å². The molecule has 1 aliphatic rings. The Morgan fingerprint density at radius 3 is 2.72 bits per heavy atom. The molecule has 0 fully saturated rings. The van der Waals surface area contributed by atoms with Crippen LogP contribution in [0.3, 0.4) is 0 Å². The maximum Gasteiger partial charge on any atom is 0.204 e. The predicted octanol–water partition coefficient (Wildman–Crippen LogP) is 4.77. The van der Waals surface area contributed by atoms with E-state index in [4.69, 9.17) is 23.2 Å². The summed E-state index contributed by atoms with van der Waals surface area (Å²) in [6, 6.07) is 7.01. The topological polar surface area (TPSA) is 17.1 Å². The van der Waals surface area contributed by atoms with Crippen molar-refractivity contribution in [2.24, 2.45) is 0 Å². The normalized spacial score (nSPS) is 13.7. The van der Waals surface area contributed by atoms with Crippen molar-refractivity contribution >= 4 is 40.3 Å². The Morgan fingerprint density at radius 1 is 1.17 bits per heavy atom. The molecule has 0 radical (unpaired) electrons. The first-order valence-corrected chi connectivity index (χ1v) is 7.34. The van der Waals surface area contributed by atoms with Crippen molar-refractivity contribution in [3.63, 3.8) is 0 Å². The molecular weight excluding hydrogens is 287 g/mol. The van der Waals surface area contributed by atoms with Crippen molar-refractivity contribution in [3.05, 3.63) is 55.2 Å². The molecule has 1 aromatic heterocycles. The van der Waals surface area contributed by atoms with Gasteiger partial charge in [-0.05, 0) is 49.1 Å². The number of hydrogen-bond acceptors (Lipinski definition) is 2. The standard InChI is InChI=1S/C14H10Cl2OS/c15-9-4-5-10(11(16)7-9)14(17)13-6-8-2-1-3-12(8)18-13/h4-7H,1-3H2. The summed E-state index contributed by atoms with van der Waals surface area (Å²) in [6.07, 6.45) is 3.40. The molecule has 1 heterocycles. The second kappa shape index (κ2) is 4.69. The van der Waals surface area contributed by atoms with Gasteiger partial charge in [-0.15, -0.1) is 11.3 Å². The number of fused-ring (bicyclic) bond motifs is 1. The molecule has 2 aromatic rings. The summed E-state index contributed by atoms with van der Waals surface area (Å²) in [6.45, 7) is 0. The number of benzene rings is 1. The molecular formula is C14H10Cl2OS. The molecule has 0 spiro atoms. The zero-order chi connectivity index (χ0) is 12.7. The van der Waals surface area contributed by atoms with Gasteiger partial charge in [0.25, 0.3) is 0 Å². The molecule has 1 nitrogen and oxygen atoms in total. The summed E-state index contributed by atoms with van der Waals surface area (Å²) in [7, 11) is 0. The Morgan fingerprint density at radius 2 is 2.00 bits per heavy atom. The van der Waals surface area contributed by atoms with E-state index >= 15 is 0 Å². The molecule has 1 aromatic carbocycles. The quantitative estimate of drug-likeness (QED) is 0.729. The lowest BCUT2D eigenvalue weighted by atomic mass is 10.1. The van der Waals surface area contributed by atoms with Gasteiger partial charge in [0, 0.05) is 15.5 Å². The lowest BCUT2D eigenvalue weighted by Crippen LogP contribution is -1.99. The maximum absolute atomic E-state index is 12.4. The molecule has 4 heteroatoms. The van der Waals surface area contributed by atoms with Crippen LogP contribution in [0, 0.1) is 0 Å². The van der Waals surface area contributed by atoms with Gasteiger partial charge in [-0.1, -0.05) is 23.2 Å². The van der Waals surface area contributed by atoms with E-state index in [0.29, 0.717) is 15.6 Å². The molecule has 0 aliphatic heterocycles. The van der Waals surface area contributed by atoms with Gasteiger partial charge >= 0.3 is 0 Å². The first-order chi connectivity index (χ1) is 8.65. The highest BCUT2D eigenvalue weighted by Crippen LogP contribution is 2.33. The number of thiophene rings is 1. The number of carbonyl (C=O) groups excluding carboxylic acids is 1. The molecule has 18 heavy (non-hydrogen) atoms. The summed E-state index contributed by atoms with van der Waals surface area (Å²) in [4.78, 5) is 14.5. The number of aryl methyl sites for hydroxylation is 2. The van der Waals surface area contributed by atoms with Crippen LogP contribution in [0.1, 0.15) is 32.1 Å². The number of rotatable bonds is 2. The first kappa shape index (κ1) is 12.2. The van der Waals surface area contributed by atoms with Crippen LogP contribution in [-0.2, 0) is 12.8 Å². The second-order valence-corrected chi connectivity index (χ2v) is 6.35. The van der Waals surface area contributed by atoms with E-state index in [9.17, 15) is 4.79 Å². The van der Waals surface area contributed by atoms with Gasteiger partial charge in [-0.25, -0.2) is 0 Å². The third-order valence-electron chi connectivity index (χ3n) is 3.15. The fourth-order valence-electron chi connectivity index (χ4n) is 2.25. The lowest BCUT2D eigenvalue weighted by Gasteiger charge is -2.02. The van der Waals surface area contributed by atoms with Crippen LogP contribution < -0.4 is 0 Å². The highest BCUT2D eigenvalue weighted by Gasteiger charge is 2.20. The van der Waals surface area contributed by atoms with Crippen LogP contribution in [0.15, 0.2) is 24.3 Å². The van der Waals surface area contributed by atoms with Gasteiger partial charge in [0.05, 0.1) is 9.90 Å². The average Bonchev–Trinajstić information content (AvgIpc) is 2.87. The van der Waals surface area contributed by atoms with Crippen molar-refractivity contribution in [3.8, 4) is 0 Å². The monoisotopic (exact) mass is 296 g/mol. The Bertz CT molecular complexity index is 609. The molecule has 0 N–H and O–H groups in total. The fourth-order valence-corrected chi connectivity index (χ4v) is 3.95. The second-order valence-electron chi connectivity index (χ2n) is 4.37. The number of halogens is 2. The molecule has 0 amide bonds. The van der Waals surface area contributed by atoms with Crippen LogP contribution in [0.2, 0.25) is 10.0 Å². The van der Waals surface area contributed by atoms with Gasteiger partial charge in [0.15, 0.2) is 0 Å². The van der Waals surface area contributed by atoms with Crippen molar-refractivity contribution in [2.45, 2.75) is 19.3 Å². The minimum Gasteiger partial charge on any atom is -0.288 e. The first-order valence-electron chi connectivity index (χ1n) is 5.76. The summed E-state index contributed by atoms with van der Waals surface area (Å²) in [5.41, 5.74) is 1.86. The van der Waals surface area contributed by atoms with Crippen LogP contribution in [0.25, 0.3) is 0 Å². The Hall–Kier alpha value is -0.830. The molecule has 92 valence electrons. The largest absolute Gasteiger partial charge is 0.288 e. The molecule has 0 bridgehead atoms. The summed E-state index contributed by atoms with van der Waals surface area (Å²) in [5.74, 6) is -0.00364. The highest BCUT2D eigenvalue weighted by molar-refractivity contribution is 7.14. The van der Waals surface area contributed by atoms with Crippen LogP contribution >= 0.6 is 34.5 Å². The van der Waals surface area contributed by atoms with Crippen LogP contribution in [0.5, 0.6) is 0 Å². The number of carbonyl (C=O) groups is 1. The Kier molecular flexibility index (Phi) is 3.18. The van der Waals surface area contributed by atoms with Gasteiger partial charge in [0.1, 0.15) is 0 Å². The summed E-state index contributed by atoms with van der Waals surface area (Å²) < 4.78 is 0. The smallest absolute Gasteiger partial charge is 0.204 e. The highest BCUT2D eigenvalue weighted by atomic mass is 35.5. The zero-order valence-corrected chi connectivity index (χ0v) is 11.8. The third-order valence-corrected chi connectivity index (χ3v) is 4.93. The Labute approximate surface area is 119 Å². The molecule has 0 unspecified atom stereocenters. The van der Waals surface area contributed by atoms with E-state index in [-0.39, 0.29) is 5.78 Å². The minimum atomic E-state index is -0.00364. The Balaban J connectivity index is 1.98. The summed E-state index contributed by atoms with van der Waals surface area (Å²) in [5, 5.41) is 0.964.